The summed E-state index contributed by atoms with van der Waals surface area (Å²) in [7, 11) is 0. The first-order valence-corrected chi connectivity index (χ1v) is 7.84. The van der Waals surface area contributed by atoms with E-state index in [9.17, 15) is 5.11 Å². The second-order valence-electron chi connectivity index (χ2n) is 5.54. The van der Waals surface area contributed by atoms with Gasteiger partial charge in [-0.3, -0.25) is 0 Å². The number of ether oxygens (including phenoxy) is 2. The summed E-state index contributed by atoms with van der Waals surface area (Å²) in [5.41, 5.74) is 0. The van der Waals surface area contributed by atoms with E-state index < -0.39 is 6.10 Å². The molecule has 4 nitrogen and oxygen atoms in total. The second kappa shape index (κ2) is 10.6. The minimum absolute atomic E-state index is 0.307. The van der Waals surface area contributed by atoms with Crippen LogP contribution >= 0.6 is 0 Å². The number of rotatable bonds is 11. The summed E-state index contributed by atoms with van der Waals surface area (Å²) in [6, 6.07) is 0.307. The third-order valence-electron chi connectivity index (χ3n) is 3.65. The van der Waals surface area contributed by atoms with Gasteiger partial charge in [0.1, 0.15) is 0 Å². The van der Waals surface area contributed by atoms with Crippen LogP contribution in [0.2, 0.25) is 0 Å². The molecule has 1 heterocycles. The summed E-state index contributed by atoms with van der Waals surface area (Å²) in [6.07, 6.45) is 7.00. The van der Waals surface area contributed by atoms with Gasteiger partial charge in [-0.25, -0.2) is 0 Å². The van der Waals surface area contributed by atoms with Gasteiger partial charge in [0.25, 0.3) is 0 Å². The topological polar surface area (TPSA) is 50.7 Å². The van der Waals surface area contributed by atoms with Crippen LogP contribution in [0.4, 0.5) is 0 Å². The van der Waals surface area contributed by atoms with E-state index in [0.717, 1.165) is 32.5 Å². The molecule has 1 aliphatic rings. The van der Waals surface area contributed by atoms with Crippen LogP contribution in [0.5, 0.6) is 0 Å². The van der Waals surface area contributed by atoms with Crippen LogP contribution in [0.25, 0.3) is 0 Å². The summed E-state index contributed by atoms with van der Waals surface area (Å²) in [4.78, 5) is 0. The first-order chi connectivity index (χ1) is 9.24. The summed E-state index contributed by atoms with van der Waals surface area (Å²) in [6.45, 7) is 6.96. The number of nitrogens with one attached hydrogen (secondary N) is 1. The van der Waals surface area contributed by atoms with E-state index in [-0.39, 0.29) is 0 Å². The van der Waals surface area contributed by atoms with E-state index in [2.05, 4.69) is 19.2 Å². The number of aliphatic hydroxyl groups is 1. The number of aliphatic hydroxyl groups excluding tert-OH is 1. The Kier molecular flexibility index (Phi) is 9.43. The van der Waals surface area contributed by atoms with Crippen molar-refractivity contribution in [3.05, 3.63) is 0 Å². The highest BCUT2D eigenvalue weighted by Gasteiger charge is 2.22. The largest absolute Gasteiger partial charge is 0.389 e. The van der Waals surface area contributed by atoms with Crippen LogP contribution in [-0.2, 0) is 9.47 Å². The van der Waals surface area contributed by atoms with Gasteiger partial charge < -0.3 is 19.9 Å². The molecule has 3 atom stereocenters. The molecule has 0 aromatic heterocycles. The van der Waals surface area contributed by atoms with Crippen molar-refractivity contribution in [2.75, 3.05) is 26.4 Å². The van der Waals surface area contributed by atoms with Crippen LogP contribution < -0.4 is 5.32 Å². The van der Waals surface area contributed by atoms with Crippen molar-refractivity contribution < 1.29 is 14.6 Å². The molecule has 2 N–H and O–H groups in total. The molecule has 1 aliphatic heterocycles. The fraction of sp³-hybridized carbons (Fsp3) is 1.00. The molecular formula is C15H31NO3. The maximum atomic E-state index is 9.82. The van der Waals surface area contributed by atoms with Crippen molar-refractivity contribution in [1.82, 2.24) is 5.32 Å². The lowest BCUT2D eigenvalue weighted by Gasteiger charge is -2.21. The lowest BCUT2D eigenvalue weighted by Crippen LogP contribution is -2.42. The number of hydrogen-bond acceptors (Lipinski definition) is 4. The highest BCUT2D eigenvalue weighted by molar-refractivity contribution is 4.77. The average Bonchev–Trinajstić information content (AvgIpc) is 2.94. The van der Waals surface area contributed by atoms with Crippen molar-refractivity contribution in [3.63, 3.8) is 0 Å². The third-order valence-corrected chi connectivity index (χ3v) is 3.65. The van der Waals surface area contributed by atoms with Crippen molar-refractivity contribution in [3.8, 4) is 0 Å². The normalized spacial score (nSPS) is 22.6. The Morgan fingerprint density at radius 3 is 2.89 bits per heavy atom. The fourth-order valence-electron chi connectivity index (χ4n) is 2.36. The highest BCUT2D eigenvalue weighted by atomic mass is 16.5. The molecule has 1 fully saturated rings. The first kappa shape index (κ1) is 16.9. The van der Waals surface area contributed by atoms with Crippen LogP contribution in [-0.4, -0.2) is 49.7 Å². The van der Waals surface area contributed by atoms with Gasteiger partial charge in [0.2, 0.25) is 0 Å². The predicted molar refractivity (Wildman–Crippen MR) is 77.4 cm³/mol. The van der Waals surface area contributed by atoms with Gasteiger partial charge in [-0.2, -0.15) is 0 Å². The van der Waals surface area contributed by atoms with Crippen LogP contribution in [0.15, 0.2) is 0 Å². The quantitative estimate of drug-likeness (QED) is 0.566. The minimum Gasteiger partial charge on any atom is -0.389 e. The zero-order valence-corrected chi connectivity index (χ0v) is 12.6. The predicted octanol–water partition coefficient (Wildman–Crippen LogP) is 2.10. The zero-order valence-electron chi connectivity index (χ0n) is 12.6. The van der Waals surface area contributed by atoms with Crippen LogP contribution in [0.1, 0.15) is 52.4 Å². The number of unbranched alkanes of at least 4 members (excludes halogenated alkanes) is 3. The first-order valence-electron chi connectivity index (χ1n) is 7.84. The monoisotopic (exact) mass is 273 g/mol. The molecule has 0 aliphatic carbocycles. The molecule has 0 spiro atoms. The van der Waals surface area contributed by atoms with Gasteiger partial charge in [0.15, 0.2) is 0 Å². The molecule has 4 heteroatoms. The van der Waals surface area contributed by atoms with Gasteiger partial charge in [0, 0.05) is 25.8 Å². The summed E-state index contributed by atoms with van der Waals surface area (Å²) < 4.78 is 11.1. The molecular weight excluding hydrogens is 242 g/mol. The molecule has 0 saturated carbocycles. The smallest absolute Gasteiger partial charge is 0.0897 e. The van der Waals surface area contributed by atoms with Gasteiger partial charge in [-0.05, 0) is 26.2 Å². The van der Waals surface area contributed by atoms with E-state index in [1.54, 1.807) is 0 Å². The van der Waals surface area contributed by atoms with E-state index in [1.165, 1.54) is 19.3 Å². The molecule has 3 unspecified atom stereocenters. The average molecular weight is 273 g/mol. The van der Waals surface area contributed by atoms with Crippen molar-refractivity contribution in [1.29, 1.82) is 0 Å². The van der Waals surface area contributed by atoms with E-state index in [1.807, 2.05) is 0 Å². The molecule has 1 saturated heterocycles. The van der Waals surface area contributed by atoms with Gasteiger partial charge in [-0.1, -0.05) is 26.2 Å². The third kappa shape index (κ3) is 7.88. The Balaban J connectivity index is 1.93. The number of hydrogen-bond donors (Lipinski definition) is 2. The van der Waals surface area contributed by atoms with E-state index >= 15 is 0 Å². The Morgan fingerprint density at radius 1 is 1.37 bits per heavy atom. The lowest BCUT2D eigenvalue weighted by molar-refractivity contribution is 0.0281. The lowest BCUT2D eigenvalue weighted by atomic mass is 10.1. The maximum absolute atomic E-state index is 9.82. The van der Waals surface area contributed by atoms with E-state index in [0.29, 0.717) is 25.3 Å². The maximum Gasteiger partial charge on any atom is 0.0897 e. The highest BCUT2D eigenvalue weighted by Crippen LogP contribution is 2.15. The molecule has 19 heavy (non-hydrogen) atoms. The Hall–Kier alpha value is -0.160. The minimum atomic E-state index is -0.421. The standard InChI is InChI=1S/C15H31NO3/c1-3-4-5-6-9-18-12-14(17)11-16-13(2)15-8-7-10-19-15/h13-17H,3-12H2,1-2H3. The Labute approximate surface area is 117 Å². The van der Waals surface area contributed by atoms with E-state index in [4.69, 9.17) is 9.47 Å². The van der Waals surface area contributed by atoms with Crippen molar-refractivity contribution >= 4 is 0 Å². The molecule has 114 valence electrons. The molecule has 1 rings (SSSR count). The van der Waals surface area contributed by atoms with Crippen LogP contribution in [0.3, 0.4) is 0 Å². The van der Waals surface area contributed by atoms with Crippen LogP contribution in [0, 0.1) is 0 Å². The molecule has 0 aromatic rings. The zero-order chi connectivity index (χ0) is 13.9. The van der Waals surface area contributed by atoms with Gasteiger partial charge in [0.05, 0.1) is 18.8 Å². The van der Waals surface area contributed by atoms with Gasteiger partial charge >= 0.3 is 0 Å². The SMILES string of the molecule is CCCCCCOCC(O)CNC(C)C1CCCO1. The van der Waals surface area contributed by atoms with Crippen molar-refractivity contribution in [2.45, 2.75) is 70.6 Å². The van der Waals surface area contributed by atoms with Gasteiger partial charge in [-0.15, -0.1) is 0 Å². The summed E-state index contributed by atoms with van der Waals surface area (Å²) in [5, 5.41) is 13.1. The molecule has 0 aromatic carbocycles. The Morgan fingerprint density at radius 2 is 2.21 bits per heavy atom. The second-order valence-corrected chi connectivity index (χ2v) is 5.54. The summed E-state index contributed by atoms with van der Waals surface area (Å²) >= 11 is 0. The molecule has 0 bridgehead atoms. The molecule has 0 amide bonds. The Bertz CT molecular complexity index is 208. The van der Waals surface area contributed by atoms with Crippen molar-refractivity contribution in [2.24, 2.45) is 0 Å². The molecule has 0 radical (unpaired) electrons. The summed E-state index contributed by atoms with van der Waals surface area (Å²) in [5.74, 6) is 0. The fourth-order valence-corrected chi connectivity index (χ4v) is 2.36.